The van der Waals surface area contributed by atoms with Gasteiger partial charge in [0.2, 0.25) is 0 Å². The lowest BCUT2D eigenvalue weighted by molar-refractivity contribution is 0.102. The number of nitrogens with one attached hydrogen (secondary N) is 1. The van der Waals surface area contributed by atoms with Crippen molar-refractivity contribution in [3.8, 4) is 0 Å². The Hall–Kier alpha value is -2.71. The van der Waals surface area contributed by atoms with Gasteiger partial charge in [-0.2, -0.15) is 0 Å². The lowest BCUT2D eigenvalue weighted by atomic mass is 10.2. The third kappa shape index (κ3) is 4.07. The molecule has 1 amide bonds. The fourth-order valence-electron chi connectivity index (χ4n) is 2.71. The average molecular weight is 416 g/mol. The number of para-hydroxylation sites is 1. The molecule has 0 fully saturated rings. The molecule has 6 nitrogen and oxygen atoms in total. The largest absolute Gasteiger partial charge is 0.298 e. The topological polar surface area (TPSA) is 79.4 Å². The molecule has 8 heteroatoms. The van der Waals surface area contributed by atoms with Gasteiger partial charge in [0.05, 0.1) is 16.3 Å². The van der Waals surface area contributed by atoms with E-state index in [1.165, 1.54) is 27.8 Å². The molecule has 146 valence electrons. The minimum atomic E-state index is -3.80. The molecule has 0 radical (unpaired) electrons. The zero-order valence-electron chi connectivity index (χ0n) is 15.8. The van der Waals surface area contributed by atoms with Crippen molar-refractivity contribution in [1.82, 2.24) is 4.98 Å². The molecule has 0 saturated carbocycles. The summed E-state index contributed by atoms with van der Waals surface area (Å²) in [5, 5.41) is 3.23. The van der Waals surface area contributed by atoms with Crippen LogP contribution >= 0.6 is 11.3 Å². The number of rotatable bonds is 6. The number of aryl methyl sites for hydroxylation is 2. The fraction of sp³-hybridized carbons (Fsp3) is 0.200. The number of thiazole rings is 1. The number of nitrogens with zero attached hydrogens (tertiary/aromatic N) is 2. The first kappa shape index (κ1) is 20.0. The SMILES string of the molecule is CCN(c1ccccc1)S(=O)(=O)c1cccc(C(=O)Nc2nc(C)c(C)s2)c1. The molecule has 0 saturated heterocycles. The van der Waals surface area contributed by atoms with Gasteiger partial charge in [-0.1, -0.05) is 24.3 Å². The molecule has 0 spiro atoms. The van der Waals surface area contributed by atoms with Crippen LogP contribution in [-0.4, -0.2) is 25.9 Å². The maximum absolute atomic E-state index is 13.1. The van der Waals surface area contributed by atoms with Crippen LogP contribution in [0.25, 0.3) is 0 Å². The molecule has 2 aromatic carbocycles. The fourth-order valence-corrected chi connectivity index (χ4v) is 5.04. The van der Waals surface area contributed by atoms with Crippen molar-refractivity contribution in [3.05, 3.63) is 70.7 Å². The molecule has 0 aliphatic carbocycles. The highest BCUT2D eigenvalue weighted by molar-refractivity contribution is 7.92. The van der Waals surface area contributed by atoms with Crippen molar-refractivity contribution in [2.45, 2.75) is 25.7 Å². The molecule has 3 rings (SSSR count). The van der Waals surface area contributed by atoms with Crippen molar-refractivity contribution >= 4 is 38.1 Å². The van der Waals surface area contributed by atoms with E-state index in [-0.39, 0.29) is 17.0 Å². The first-order valence-corrected chi connectivity index (χ1v) is 11.0. The Morgan fingerprint density at radius 2 is 1.82 bits per heavy atom. The van der Waals surface area contributed by atoms with Gasteiger partial charge in [-0.3, -0.25) is 14.4 Å². The first-order valence-electron chi connectivity index (χ1n) is 8.76. The molecular weight excluding hydrogens is 394 g/mol. The second-order valence-electron chi connectivity index (χ2n) is 6.15. The van der Waals surface area contributed by atoms with Crippen molar-refractivity contribution in [3.63, 3.8) is 0 Å². The summed E-state index contributed by atoms with van der Waals surface area (Å²) in [6.07, 6.45) is 0. The van der Waals surface area contributed by atoms with Gasteiger partial charge in [0.1, 0.15) is 0 Å². The third-order valence-electron chi connectivity index (χ3n) is 4.26. The summed E-state index contributed by atoms with van der Waals surface area (Å²) in [6.45, 7) is 5.85. The Kier molecular flexibility index (Phi) is 5.81. The summed E-state index contributed by atoms with van der Waals surface area (Å²) in [6, 6.07) is 14.9. The van der Waals surface area contributed by atoms with Crippen molar-refractivity contribution in [1.29, 1.82) is 0 Å². The number of hydrogen-bond donors (Lipinski definition) is 1. The minimum Gasteiger partial charge on any atom is -0.298 e. The van der Waals surface area contributed by atoms with Crippen LogP contribution in [0.2, 0.25) is 0 Å². The van der Waals surface area contributed by atoms with Gasteiger partial charge in [0.25, 0.3) is 15.9 Å². The number of carbonyl (C=O) groups is 1. The molecule has 0 aliphatic rings. The van der Waals surface area contributed by atoms with E-state index in [0.717, 1.165) is 10.6 Å². The number of sulfonamides is 1. The van der Waals surface area contributed by atoms with Crippen LogP contribution in [-0.2, 0) is 10.0 Å². The number of hydrogen-bond acceptors (Lipinski definition) is 5. The lowest BCUT2D eigenvalue weighted by Crippen LogP contribution is -2.30. The average Bonchev–Trinajstić information content (AvgIpc) is 3.00. The number of carbonyl (C=O) groups excluding carboxylic acids is 1. The zero-order chi connectivity index (χ0) is 20.3. The smallest absolute Gasteiger partial charge is 0.264 e. The van der Waals surface area contributed by atoms with Gasteiger partial charge in [-0.05, 0) is 51.1 Å². The Balaban J connectivity index is 1.90. The highest BCUT2D eigenvalue weighted by atomic mass is 32.2. The van der Waals surface area contributed by atoms with E-state index in [0.29, 0.717) is 10.8 Å². The number of amides is 1. The Morgan fingerprint density at radius 3 is 2.43 bits per heavy atom. The highest BCUT2D eigenvalue weighted by Gasteiger charge is 2.24. The lowest BCUT2D eigenvalue weighted by Gasteiger charge is -2.23. The van der Waals surface area contributed by atoms with Crippen molar-refractivity contribution < 1.29 is 13.2 Å². The van der Waals surface area contributed by atoms with E-state index in [4.69, 9.17) is 0 Å². The third-order valence-corrected chi connectivity index (χ3v) is 7.15. The standard InChI is InChI=1S/C20H21N3O3S2/c1-4-23(17-10-6-5-7-11-17)28(25,26)18-12-8-9-16(13-18)19(24)22-20-21-14(2)15(3)27-20/h5-13H,4H2,1-3H3,(H,21,22,24). The van der Waals surface area contributed by atoms with Crippen LogP contribution in [0.5, 0.6) is 0 Å². The molecular formula is C20H21N3O3S2. The van der Waals surface area contributed by atoms with E-state index in [1.54, 1.807) is 43.3 Å². The van der Waals surface area contributed by atoms with Gasteiger partial charge in [-0.15, -0.1) is 11.3 Å². The molecule has 0 unspecified atom stereocenters. The molecule has 3 aromatic rings. The van der Waals surface area contributed by atoms with Crippen LogP contribution in [0, 0.1) is 13.8 Å². The quantitative estimate of drug-likeness (QED) is 0.653. The predicted octanol–water partition coefficient (Wildman–Crippen LogP) is 4.23. The maximum atomic E-state index is 13.1. The summed E-state index contributed by atoms with van der Waals surface area (Å²) in [4.78, 5) is 17.9. The summed E-state index contributed by atoms with van der Waals surface area (Å²) in [7, 11) is -3.80. The maximum Gasteiger partial charge on any atom is 0.264 e. The molecule has 0 atom stereocenters. The summed E-state index contributed by atoms with van der Waals surface area (Å²) in [5.74, 6) is -0.395. The Bertz CT molecular complexity index is 1070. The van der Waals surface area contributed by atoms with Gasteiger partial charge in [0, 0.05) is 17.0 Å². The Labute approximate surface area is 168 Å². The minimum absolute atomic E-state index is 0.0670. The summed E-state index contributed by atoms with van der Waals surface area (Å²) >= 11 is 1.38. The molecule has 1 aromatic heterocycles. The van der Waals surface area contributed by atoms with E-state index in [1.807, 2.05) is 19.9 Å². The number of anilines is 2. The number of aromatic nitrogens is 1. The molecule has 28 heavy (non-hydrogen) atoms. The number of benzene rings is 2. The van der Waals surface area contributed by atoms with Gasteiger partial charge in [-0.25, -0.2) is 13.4 Å². The molecule has 0 bridgehead atoms. The van der Waals surface area contributed by atoms with Gasteiger partial charge in [0.15, 0.2) is 5.13 Å². The van der Waals surface area contributed by atoms with Crippen LogP contribution < -0.4 is 9.62 Å². The van der Waals surface area contributed by atoms with E-state index in [2.05, 4.69) is 10.3 Å². The van der Waals surface area contributed by atoms with Crippen molar-refractivity contribution in [2.75, 3.05) is 16.2 Å². The predicted molar refractivity (Wildman–Crippen MR) is 113 cm³/mol. The first-order chi connectivity index (χ1) is 13.3. The molecule has 1 N–H and O–H groups in total. The summed E-state index contributed by atoms with van der Waals surface area (Å²) < 4.78 is 27.6. The van der Waals surface area contributed by atoms with Crippen LogP contribution in [0.3, 0.4) is 0 Å². The normalized spacial score (nSPS) is 11.2. The second-order valence-corrected chi connectivity index (χ2v) is 9.21. The second kappa shape index (κ2) is 8.12. The summed E-state index contributed by atoms with van der Waals surface area (Å²) in [5.41, 5.74) is 1.70. The Morgan fingerprint density at radius 1 is 1.11 bits per heavy atom. The molecule has 0 aliphatic heterocycles. The van der Waals surface area contributed by atoms with Crippen LogP contribution in [0.1, 0.15) is 27.9 Å². The van der Waals surface area contributed by atoms with E-state index in [9.17, 15) is 13.2 Å². The van der Waals surface area contributed by atoms with Crippen molar-refractivity contribution in [2.24, 2.45) is 0 Å². The van der Waals surface area contributed by atoms with Crippen LogP contribution in [0.15, 0.2) is 59.5 Å². The zero-order valence-corrected chi connectivity index (χ0v) is 17.5. The van der Waals surface area contributed by atoms with E-state index >= 15 is 0 Å². The van der Waals surface area contributed by atoms with Crippen LogP contribution in [0.4, 0.5) is 10.8 Å². The molecule has 1 heterocycles. The van der Waals surface area contributed by atoms with Gasteiger partial charge >= 0.3 is 0 Å². The highest BCUT2D eigenvalue weighted by Crippen LogP contribution is 2.25. The van der Waals surface area contributed by atoms with E-state index < -0.39 is 15.9 Å². The monoisotopic (exact) mass is 415 g/mol. The van der Waals surface area contributed by atoms with Gasteiger partial charge < -0.3 is 0 Å².